The lowest BCUT2D eigenvalue weighted by Gasteiger charge is -2.27. The Bertz CT molecular complexity index is 226. The minimum Gasteiger partial charge on any atom is -0.481 e. The summed E-state index contributed by atoms with van der Waals surface area (Å²) >= 11 is 0. The molecule has 0 aromatic carbocycles. The van der Waals surface area contributed by atoms with Crippen LogP contribution in [0, 0.1) is 5.92 Å². The number of carbonyl (C=O) groups excluding carboxylic acids is 1. The molecule has 0 spiro atoms. The third-order valence-electron chi connectivity index (χ3n) is 2.41. The van der Waals surface area contributed by atoms with E-state index in [0.717, 1.165) is 0 Å². The number of rotatable bonds is 5. The van der Waals surface area contributed by atoms with Gasteiger partial charge in [-0.2, -0.15) is 0 Å². The highest BCUT2D eigenvalue weighted by Gasteiger charge is 2.26. The monoisotopic (exact) mass is 200 g/mol. The quantitative estimate of drug-likeness (QED) is 0.563. The molecular weight excluding hydrogens is 184 g/mol. The number of carbonyl (C=O) groups is 2. The predicted octanol–water partition coefficient (Wildman–Crippen LogP) is -0.425. The van der Waals surface area contributed by atoms with Crippen LogP contribution in [0.4, 0.5) is 0 Å². The third kappa shape index (κ3) is 2.99. The first-order valence-corrected chi connectivity index (χ1v) is 4.86. The summed E-state index contributed by atoms with van der Waals surface area (Å²) in [6, 6.07) is -0.236. The lowest BCUT2D eigenvalue weighted by Crippen LogP contribution is -2.52. The van der Waals surface area contributed by atoms with Gasteiger partial charge in [0.2, 0.25) is 5.91 Å². The van der Waals surface area contributed by atoms with Crippen molar-refractivity contribution in [1.82, 2.24) is 10.6 Å². The van der Waals surface area contributed by atoms with Gasteiger partial charge in [-0.3, -0.25) is 9.59 Å². The lowest BCUT2D eigenvalue weighted by molar-refractivity contribution is -0.138. The number of nitrogens with one attached hydrogen (secondary N) is 2. The van der Waals surface area contributed by atoms with E-state index in [0.29, 0.717) is 19.5 Å². The van der Waals surface area contributed by atoms with E-state index in [1.54, 1.807) is 0 Å². The normalized spacial score (nSPS) is 18.4. The first-order valence-electron chi connectivity index (χ1n) is 4.86. The summed E-state index contributed by atoms with van der Waals surface area (Å²) in [6.45, 7) is 3.28. The first-order chi connectivity index (χ1) is 6.63. The Morgan fingerprint density at radius 1 is 1.57 bits per heavy atom. The zero-order valence-corrected chi connectivity index (χ0v) is 8.25. The van der Waals surface area contributed by atoms with Crippen LogP contribution in [0.25, 0.3) is 0 Å². The summed E-state index contributed by atoms with van der Waals surface area (Å²) in [7, 11) is 0. The average molecular weight is 200 g/mol. The van der Waals surface area contributed by atoms with Crippen molar-refractivity contribution in [2.75, 3.05) is 13.1 Å². The minimum absolute atomic E-state index is 0.00237. The van der Waals surface area contributed by atoms with Crippen molar-refractivity contribution in [1.29, 1.82) is 0 Å². The number of carboxylic acids is 1. The number of aliphatic carboxylic acids is 1. The standard InChI is InChI=1S/C9H16N2O3/c1-2-7(3-8(12)13)11-9(14)6-4-10-5-6/h6-7,10H,2-5H2,1H3,(H,11,14)(H,12,13). The zero-order chi connectivity index (χ0) is 10.6. The molecular formula is C9H16N2O3. The van der Waals surface area contributed by atoms with Gasteiger partial charge in [-0.25, -0.2) is 0 Å². The highest BCUT2D eigenvalue weighted by molar-refractivity contribution is 5.81. The van der Waals surface area contributed by atoms with Crippen LogP contribution in [0.15, 0.2) is 0 Å². The summed E-state index contributed by atoms with van der Waals surface area (Å²) in [5.74, 6) is -0.876. The fraction of sp³-hybridized carbons (Fsp3) is 0.778. The fourth-order valence-corrected chi connectivity index (χ4v) is 1.30. The molecule has 5 heteroatoms. The Hall–Kier alpha value is -1.10. The highest BCUT2D eigenvalue weighted by Crippen LogP contribution is 2.05. The molecule has 1 aliphatic heterocycles. The molecule has 3 N–H and O–H groups in total. The van der Waals surface area contributed by atoms with Crippen molar-refractivity contribution in [3.8, 4) is 0 Å². The predicted molar refractivity (Wildman–Crippen MR) is 50.8 cm³/mol. The van der Waals surface area contributed by atoms with Crippen LogP contribution in [0.1, 0.15) is 19.8 Å². The Morgan fingerprint density at radius 3 is 2.57 bits per heavy atom. The van der Waals surface area contributed by atoms with E-state index in [2.05, 4.69) is 10.6 Å². The van der Waals surface area contributed by atoms with Gasteiger partial charge in [0.05, 0.1) is 12.3 Å². The van der Waals surface area contributed by atoms with Crippen LogP contribution >= 0.6 is 0 Å². The largest absolute Gasteiger partial charge is 0.481 e. The molecule has 0 aromatic rings. The van der Waals surface area contributed by atoms with Crippen molar-refractivity contribution in [2.45, 2.75) is 25.8 Å². The van der Waals surface area contributed by atoms with Crippen molar-refractivity contribution >= 4 is 11.9 Å². The van der Waals surface area contributed by atoms with Gasteiger partial charge in [0.1, 0.15) is 0 Å². The van der Waals surface area contributed by atoms with E-state index >= 15 is 0 Å². The molecule has 1 saturated heterocycles. The summed E-state index contributed by atoms with van der Waals surface area (Å²) in [5.41, 5.74) is 0. The van der Waals surface area contributed by atoms with Crippen molar-refractivity contribution in [3.63, 3.8) is 0 Å². The maximum atomic E-state index is 11.4. The number of hydrogen-bond acceptors (Lipinski definition) is 3. The third-order valence-corrected chi connectivity index (χ3v) is 2.41. The SMILES string of the molecule is CCC(CC(=O)O)NC(=O)C1CNC1. The summed E-state index contributed by atoms with van der Waals surface area (Å²) in [5, 5.41) is 14.3. The molecule has 1 rings (SSSR count). The fourth-order valence-electron chi connectivity index (χ4n) is 1.30. The molecule has 5 nitrogen and oxygen atoms in total. The van der Waals surface area contributed by atoms with Crippen molar-refractivity contribution < 1.29 is 14.7 Å². The second kappa shape index (κ2) is 4.95. The molecule has 1 fully saturated rings. The Labute approximate surface area is 82.9 Å². The van der Waals surface area contributed by atoms with Crippen LogP contribution < -0.4 is 10.6 Å². The van der Waals surface area contributed by atoms with Gasteiger partial charge in [0, 0.05) is 19.1 Å². The maximum Gasteiger partial charge on any atom is 0.305 e. The molecule has 1 heterocycles. The van der Waals surface area contributed by atoms with Crippen LogP contribution in [-0.4, -0.2) is 36.1 Å². The van der Waals surface area contributed by atoms with Gasteiger partial charge in [0.15, 0.2) is 0 Å². The zero-order valence-electron chi connectivity index (χ0n) is 8.25. The number of amides is 1. The average Bonchev–Trinajstić information content (AvgIpc) is 1.98. The summed E-state index contributed by atoms with van der Waals surface area (Å²) in [4.78, 5) is 21.9. The van der Waals surface area contributed by atoms with E-state index in [1.165, 1.54) is 0 Å². The van der Waals surface area contributed by atoms with Gasteiger partial charge in [-0.1, -0.05) is 6.92 Å². The number of carboxylic acid groups (broad SMARTS) is 1. The molecule has 1 unspecified atom stereocenters. The molecule has 80 valence electrons. The van der Waals surface area contributed by atoms with Crippen molar-refractivity contribution in [2.24, 2.45) is 5.92 Å². The highest BCUT2D eigenvalue weighted by atomic mass is 16.4. The van der Waals surface area contributed by atoms with Gasteiger partial charge in [-0.05, 0) is 6.42 Å². The second-order valence-corrected chi connectivity index (χ2v) is 3.57. The summed E-state index contributed by atoms with van der Waals surface area (Å²) < 4.78 is 0. The molecule has 0 aromatic heterocycles. The van der Waals surface area contributed by atoms with E-state index < -0.39 is 5.97 Å². The van der Waals surface area contributed by atoms with E-state index in [-0.39, 0.29) is 24.3 Å². The molecule has 0 aliphatic carbocycles. The molecule has 1 aliphatic rings. The molecule has 1 amide bonds. The van der Waals surface area contributed by atoms with Gasteiger partial charge < -0.3 is 15.7 Å². The smallest absolute Gasteiger partial charge is 0.305 e. The van der Waals surface area contributed by atoms with Crippen molar-refractivity contribution in [3.05, 3.63) is 0 Å². The lowest BCUT2D eigenvalue weighted by atomic mass is 10.0. The Balaban J connectivity index is 2.31. The molecule has 0 bridgehead atoms. The minimum atomic E-state index is -0.871. The maximum absolute atomic E-state index is 11.4. The first kappa shape index (κ1) is 11.0. The van der Waals surface area contributed by atoms with Crippen LogP contribution in [0.5, 0.6) is 0 Å². The molecule has 0 radical (unpaired) electrons. The van der Waals surface area contributed by atoms with Crippen LogP contribution in [-0.2, 0) is 9.59 Å². The van der Waals surface area contributed by atoms with Crippen LogP contribution in [0.3, 0.4) is 0 Å². The van der Waals surface area contributed by atoms with Gasteiger partial charge in [-0.15, -0.1) is 0 Å². The van der Waals surface area contributed by atoms with E-state index in [9.17, 15) is 9.59 Å². The summed E-state index contributed by atoms with van der Waals surface area (Å²) in [6.07, 6.45) is 0.653. The Kier molecular flexibility index (Phi) is 3.88. The molecule has 14 heavy (non-hydrogen) atoms. The molecule has 0 saturated carbocycles. The molecule has 1 atom stereocenters. The Morgan fingerprint density at radius 2 is 2.21 bits per heavy atom. The van der Waals surface area contributed by atoms with Gasteiger partial charge in [0.25, 0.3) is 0 Å². The van der Waals surface area contributed by atoms with Gasteiger partial charge >= 0.3 is 5.97 Å². The topological polar surface area (TPSA) is 78.4 Å². The van der Waals surface area contributed by atoms with Crippen LogP contribution in [0.2, 0.25) is 0 Å². The van der Waals surface area contributed by atoms with E-state index in [1.807, 2.05) is 6.92 Å². The second-order valence-electron chi connectivity index (χ2n) is 3.57. The van der Waals surface area contributed by atoms with E-state index in [4.69, 9.17) is 5.11 Å². The number of hydrogen-bond donors (Lipinski definition) is 3.